The van der Waals surface area contributed by atoms with Crippen LogP contribution in [0.4, 0.5) is 0 Å². The molecule has 0 spiro atoms. The number of hydrogen-bond acceptors (Lipinski definition) is 1. The lowest BCUT2D eigenvalue weighted by Gasteiger charge is -2.10. The second-order valence-corrected chi connectivity index (χ2v) is 8.77. The van der Waals surface area contributed by atoms with Crippen LogP contribution in [-0.2, 0) is 7.05 Å². The van der Waals surface area contributed by atoms with Crippen LogP contribution in [0.5, 0.6) is 0 Å². The van der Waals surface area contributed by atoms with Crippen LogP contribution in [0.15, 0.2) is 83.5 Å². The Kier molecular flexibility index (Phi) is 4.03. The highest BCUT2D eigenvalue weighted by atomic mass is 16.3. The van der Waals surface area contributed by atoms with Crippen LogP contribution >= 0.6 is 0 Å². The molecular formula is C29H25N2O+. The molecule has 0 unspecified atom stereocenters. The molecule has 0 fully saturated rings. The highest BCUT2D eigenvalue weighted by Crippen LogP contribution is 2.39. The fourth-order valence-electron chi connectivity index (χ4n) is 5.04. The van der Waals surface area contributed by atoms with Crippen LogP contribution in [0.2, 0.25) is 0 Å². The molecule has 0 saturated heterocycles. The Bertz CT molecular complexity index is 1650. The summed E-state index contributed by atoms with van der Waals surface area (Å²) >= 11 is 0. The molecule has 2 heterocycles. The summed E-state index contributed by atoms with van der Waals surface area (Å²) in [5.74, 6) is 1.12. The molecule has 6 aromatic rings. The molecule has 0 aliphatic carbocycles. The molecule has 0 saturated carbocycles. The number of aryl methyl sites for hydroxylation is 4. The Hall–Kier alpha value is -3.85. The number of aromatic nitrogens is 2. The lowest BCUT2D eigenvalue weighted by atomic mass is 10.0. The molecule has 32 heavy (non-hydrogen) atoms. The molecule has 0 amide bonds. The van der Waals surface area contributed by atoms with E-state index in [0.29, 0.717) is 0 Å². The Balaban J connectivity index is 1.72. The molecule has 2 aromatic heterocycles. The zero-order chi connectivity index (χ0) is 22.0. The largest absolute Gasteiger partial charge is 0.455 e. The van der Waals surface area contributed by atoms with E-state index in [4.69, 9.17) is 4.42 Å². The summed E-state index contributed by atoms with van der Waals surface area (Å²) in [5.41, 5.74) is 7.93. The second kappa shape index (κ2) is 6.83. The standard InChI is InChI=1S/C29H25N2O/c1-18-12-13-23-24-16-21-10-5-6-11-22(21)17-25(24)32-28(23)26(18)29-30(4)14-15-31(29)27-19(2)8-7-9-20(27)3/h5-17H,1-4H3/q+1. The molecule has 0 N–H and O–H groups in total. The minimum absolute atomic E-state index is 0.929. The first kappa shape index (κ1) is 18.9. The first-order valence-corrected chi connectivity index (χ1v) is 11.0. The van der Waals surface area contributed by atoms with E-state index in [2.05, 4.69) is 116 Å². The van der Waals surface area contributed by atoms with Gasteiger partial charge in [0.15, 0.2) is 5.58 Å². The van der Waals surface area contributed by atoms with Crippen molar-refractivity contribution in [2.45, 2.75) is 20.8 Å². The third-order valence-corrected chi connectivity index (χ3v) is 6.62. The zero-order valence-electron chi connectivity index (χ0n) is 18.8. The quantitative estimate of drug-likeness (QED) is 0.280. The van der Waals surface area contributed by atoms with Gasteiger partial charge in [-0.15, -0.1) is 0 Å². The van der Waals surface area contributed by atoms with Gasteiger partial charge in [-0.2, -0.15) is 4.57 Å². The normalized spacial score (nSPS) is 11.8. The Labute approximate surface area is 187 Å². The average Bonchev–Trinajstić information content (AvgIpc) is 3.32. The monoisotopic (exact) mass is 417 g/mol. The Morgan fingerprint density at radius 2 is 1.47 bits per heavy atom. The molecule has 6 rings (SSSR count). The van der Waals surface area contributed by atoms with Crippen molar-refractivity contribution in [3.05, 3.63) is 95.8 Å². The van der Waals surface area contributed by atoms with E-state index in [9.17, 15) is 0 Å². The highest BCUT2D eigenvalue weighted by molar-refractivity contribution is 6.13. The van der Waals surface area contributed by atoms with Crippen molar-refractivity contribution < 1.29 is 8.98 Å². The molecule has 3 heteroatoms. The molecule has 0 bridgehead atoms. The topological polar surface area (TPSA) is 21.9 Å². The van der Waals surface area contributed by atoms with Crippen LogP contribution in [0, 0.1) is 20.8 Å². The van der Waals surface area contributed by atoms with Crippen molar-refractivity contribution in [1.82, 2.24) is 4.57 Å². The molecule has 0 radical (unpaired) electrons. The third kappa shape index (κ3) is 2.64. The summed E-state index contributed by atoms with van der Waals surface area (Å²) in [5, 5.41) is 4.74. The van der Waals surface area contributed by atoms with Crippen molar-refractivity contribution >= 4 is 32.7 Å². The lowest BCUT2D eigenvalue weighted by molar-refractivity contribution is -0.659. The zero-order valence-corrected chi connectivity index (χ0v) is 18.8. The minimum atomic E-state index is 0.929. The predicted molar refractivity (Wildman–Crippen MR) is 131 cm³/mol. The lowest BCUT2D eigenvalue weighted by Crippen LogP contribution is -2.29. The van der Waals surface area contributed by atoms with E-state index < -0.39 is 0 Å². The summed E-state index contributed by atoms with van der Waals surface area (Å²) in [7, 11) is 2.11. The van der Waals surface area contributed by atoms with Gasteiger partial charge in [0.2, 0.25) is 0 Å². The van der Waals surface area contributed by atoms with Crippen molar-refractivity contribution in [3.8, 4) is 17.1 Å². The van der Waals surface area contributed by atoms with E-state index in [1.165, 1.54) is 33.2 Å². The molecular weight excluding hydrogens is 392 g/mol. The van der Waals surface area contributed by atoms with Gasteiger partial charge in [-0.1, -0.05) is 54.6 Å². The van der Waals surface area contributed by atoms with Crippen LogP contribution in [-0.4, -0.2) is 4.57 Å². The Morgan fingerprint density at radius 3 is 2.22 bits per heavy atom. The maximum Gasteiger partial charge on any atom is 0.297 e. The van der Waals surface area contributed by atoms with Crippen molar-refractivity contribution in [2.24, 2.45) is 7.05 Å². The fourth-order valence-corrected chi connectivity index (χ4v) is 5.04. The molecule has 0 aliphatic rings. The van der Waals surface area contributed by atoms with Crippen molar-refractivity contribution in [3.63, 3.8) is 0 Å². The van der Waals surface area contributed by atoms with E-state index in [-0.39, 0.29) is 0 Å². The van der Waals surface area contributed by atoms with Crippen LogP contribution in [0.25, 0.3) is 49.8 Å². The maximum atomic E-state index is 6.58. The number of furan rings is 1. The van der Waals surface area contributed by atoms with E-state index in [0.717, 1.165) is 33.3 Å². The number of nitrogens with zero attached hydrogens (tertiary/aromatic N) is 2. The predicted octanol–water partition coefficient (Wildman–Crippen LogP) is 6.95. The maximum absolute atomic E-state index is 6.58. The van der Waals surface area contributed by atoms with E-state index in [1.54, 1.807) is 0 Å². The van der Waals surface area contributed by atoms with Crippen molar-refractivity contribution in [1.29, 1.82) is 0 Å². The number of fused-ring (bicyclic) bond motifs is 4. The third-order valence-electron chi connectivity index (χ3n) is 6.62. The smallest absolute Gasteiger partial charge is 0.297 e. The number of para-hydroxylation sites is 1. The van der Waals surface area contributed by atoms with Gasteiger partial charge in [0.1, 0.15) is 29.2 Å². The Morgan fingerprint density at radius 1 is 0.750 bits per heavy atom. The summed E-state index contributed by atoms with van der Waals surface area (Å²) in [6.07, 6.45) is 4.27. The molecule has 4 aromatic carbocycles. The van der Waals surface area contributed by atoms with Crippen LogP contribution < -0.4 is 4.57 Å². The van der Waals surface area contributed by atoms with Gasteiger partial charge in [-0.3, -0.25) is 0 Å². The molecule has 0 atom stereocenters. The number of hydrogen-bond donors (Lipinski definition) is 0. The van der Waals surface area contributed by atoms with Gasteiger partial charge in [0.25, 0.3) is 5.82 Å². The molecule has 3 nitrogen and oxygen atoms in total. The number of rotatable bonds is 2. The van der Waals surface area contributed by atoms with Crippen LogP contribution in [0.3, 0.4) is 0 Å². The summed E-state index contributed by atoms with van der Waals surface area (Å²) in [6.45, 7) is 6.51. The van der Waals surface area contributed by atoms with Gasteiger partial charge < -0.3 is 4.42 Å². The van der Waals surface area contributed by atoms with Crippen molar-refractivity contribution in [2.75, 3.05) is 0 Å². The van der Waals surface area contributed by atoms with Crippen LogP contribution in [0.1, 0.15) is 16.7 Å². The highest BCUT2D eigenvalue weighted by Gasteiger charge is 2.27. The van der Waals surface area contributed by atoms with Gasteiger partial charge in [-0.25, -0.2) is 4.57 Å². The SMILES string of the molecule is Cc1cccc(C)c1-n1cc[n+](C)c1-c1c(C)ccc2c1oc1cc3ccccc3cc12. The first-order chi connectivity index (χ1) is 15.5. The van der Waals surface area contributed by atoms with Gasteiger partial charge in [-0.05, 0) is 60.4 Å². The van der Waals surface area contributed by atoms with Gasteiger partial charge in [0, 0.05) is 10.8 Å². The molecule has 156 valence electrons. The second-order valence-electron chi connectivity index (χ2n) is 8.77. The van der Waals surface area contributed by atoms with Gasteiger partial charge in [0.05, 0.1) is 7.05 Å². The first-order valence-electron chi connectivity index (χ1n) is 11.0. The number of imidazole rings is 1. The van der Waals surface area contributed by atoms with E-state index >= 15 is 0 Å². The average molecular weight is 418 g/mol. The summed E-state index contributed by atoms with van der Waals surface area (Å²) < 4.78 is 11.1. The van der Waals surface area contributed by atoms with E-state index in [1.807, 2.05) is 0 Å². The number of benzene rings is 4. The fraction of sp³-hybridized carbons (Fsp3) is 0.138. The molecule has 0 aliphatic heterocycles. The van der Waals surface area contributed by atoms with Gasteiger partial charge >= 0.3 is 0 Å². The summed E-state index contributed by atoms with van der Waals surface area (Å²) in [6, 6.07) is 23.7. The minimum Gasteiger partial charge on any atom is -0.455 e. The summed E-state index contributed by atoms with van der Waals surface area (Å²) in [4.78, 5) is 0.